The maximum Gasteiger partial charge on any atom is 0.336 e. The molecule has 1 aromatic heterocycles. The molecule has 2 atom stereocenters. The van der Waals surface area contributed by atoms with E-state index in [1.807, 2.05) is 19.9 Å². The number of hydrogen-bond donors (Lipinski definition) is 1. The summed E-state index contributed by atoms with van der Waals surface area (Å²) in [6.07, 6.45) is 4.28. The number of Topliss-reactive ketones (excluding diaryl/α,β-unsaturated/α-hetero) is 1. The first-order valence-electron chi connectivity index (χ1n) is 11.6. The van der Waals surface area contributed by atoms with Crippen LogP contribution in [0.25, 0.3) is 10.9 Å². The van der Waals surface area contributed by atoms with Crippen molar-refractivity contribution in [2.24, 2.45) is 0 Å². The Labute approximate surface area is 189 Å². The van der Waals surface area contributed by atoms with Gasteiger partial charge < -0.3 is 4.90 Å². The summed E-state index contributed by atoms with van der Waals surface area (Å²) in [4.78, 5) is 29.5. The molecule has 1 saturated heterocycles. The molecular formula is C24H33ClN4O2. The van der Waals surface area contributed by atoms with Crippen LogP contribution in [0.15, 0.2) is 12.1 Å². The predicted octanol–water partition coefficient (Wildman–Crippen LogP) is 5.02. The van der Waals surface area contributed by atoms with Crippen LogP contribution in [0, 0.1) is 0 Å². The summed E-state index contributed by atoms with van der Waals surface area (Å²) in [5.41, 5.74) is 6.80. The number of piperidine rings is 1. The van der Waals surface area contributed by atoms with Gasteiger partial charge in [0.2, 0.25) is 0 Å². The molecule has 1 aromatic carbocycles. The highest BCUT2D eigenvalue weighted by Crippen LogP contribution is 2.47. The Morgan fingerprint density at radius 2 is 1.97 bits per heavy atom. The van der Waals surface area contributed by atoms with Crippen molar-refractivity contribution in [2.45, 2.75) is 65.3 Å². The average Bonchev–Trinajstić information content (AvgIpc) is 3.02. The van der Waals surface area contributed by atoms with Crippen molar-refractivity contribution in [1.29, 1.82) is 0 Å². The van der Waals surface area contributed by atoms with Crippen LogP contribution in [0.3, 0.4) is 0 Å². The number of likely N-dealkylation sites (tertiary alicyclic amines) is 1. The molecule has 7 heteroatoms. The molecule has 6 nitrogen and oxygen atoms in total. The minimum Gasteiger partial charge on any atom is -0.324 e. The van der Waals surface area contributed by atoms with Gasteiger partial charge >= 0.3 is 6.03 Å². The van der Waals surface area contributed by atoms with Crippen LogP contribution in [0.2, 0.25) is 5.15 Å². The van der Waals surface area contributed by atoms with Gasteiger partial charge in [-0.25, -0.2) is 14.9 Å². The average molecular weight is 445 g/mol. The molecule has 0 saturated carbocycles. The van der Waals surface area contributed by atoms with E-state index < -0.39 is 0 Å². The van der Waals surface area contributed by atoms with Crippen molar-refractivity contribution in [2.75, 3.05) is 31.6 Å². The lowest BCUT2D eigenvalue weighted by Gasteiger charge is -2.44. The Morgan fingerprint density at radius 3 is 2.61 bits per heavy atom. The van der Waals surface area contributed by atoms with Gasteiger partial charge in [-0.15, -0.1) is 0 Å². The Kier molecular flexibility index (Phi) is 6.31. The number of ketones is 1. The van der Waals surface area contributed by atoms with Gasteiger partial charge in [0.25, 0.3) is 0 Å². The van der Waals surface area contributed by atoms with E-state index in [4.69, 9.17) is 11.6 Å². The number of rotatable bonds is 6. The Hall–Kier alpha value is -2.05. The van der Waals surface area contributed by atoms with Crippen LogP contribution in [0.5, 0.6) is 0 Å². The molecule has 0 radical (unpaired) electrons. The number of nitrogens with one attached hydrogen (secondary N) is 1. The monoisotopic (exact) mass is 444 g/mol. The van der Waals surface area contributed by atoms with Crippen molar-refractivity contribution in [3.63, 3.8) is 0 Å². The zero-order valence-corrected chi connectivity index (χ0v) is 19.8. The van der Waals surface area contributed by atoms with Crippen molar-refractivity contribution in [3.05, 3.63) is 34.0 Å². The molecule has 0 unspecified atom stereocenters. The number of fused-ring (bicyclic) bond motifs is 2. The van der Waals surface area contributed by atoms with E-state index in [0.29, 0.717) is 35.8 Å². The van der Waals surface area contributed by atoms with Crippen molar-refractivity contribution in [1.82, 2.24) is 14.5 Å². The number of aromatic nitrogens is 1. The quantitative estimate of drug-likeness (QED) is 0.636. The van der Waals surface area contributed by atoms with E-state index in [9.17, 15) is 9.59 Å². The zero-order chi connectivity index (χ0) is 22.3. The summed E-state index contributed by atoms with van der Waals surface area (Å²) in [5.74, 6) is 0.419. The van der Waals surface area contributed by atoms with Gasteiger partial charge in [-0.05, 0) is 77.2 Å². The van der Waals surface area contributed by atoms with Gasteiger partial charge in [-0.1, -0.05) is 18.5 Å². The molecular weight excluding hydrogens is 412 g/mol. The topological polar surface area (TPSA) is 57.6 Å². The lowest BCUT2D eigenvalue weighted by atomic mass is 9.74. The fourth-order valence-corrected chi connectivity index (χ4v) is 5.81. The molecule has 2 aromatic rings. The highest BCUT2D eigenvalue weighted by atomic mass is 35.5. The molecule has 31 heavy (non-hydrogen) atoms. The zero-order valence-electron chi connectivity index (χ0n) is 19.0. The molecule has 1 N–H and O–H groups in total. The van der Waals surface area contributed by atoms with Crippen LogP contribution in [0.1, 0.15) is 74.4 Å². The SMILES string of the molecule is CCCN1CCC[C@@H]2c3cc(C(C)=O)cc4c3c(c(Cl)n4NC(=O)N(CC)CC)C[C@H]21. The maximum atomic E-state index is 12.8. The van der Waals surface area contributed by atoms with E-state index in [1.54, 1.807) is 16.5 Å². The standard InChI is InChI=1S/C24H33ClN4O2/c1-5-10-28-11-8-9-17-18-12-16(15(4)30)13-21-22(18)19(14-20(17)28)23(25)29(21)26-24(31)27(6-2)7-3/h12-13,17,20H,5-11,14H2,1-4H3,(H,26,31)/t17-,20-/m1/s1. The van der Waals surface area contributed by atoms with Crippen LogP contribution in [-0.4, -0.2) is 58.5 Å². The van der Waals surface area contributed by atoms with E-state index in [2.05, 4.69) is 23.3 Å². The summed E-state index contributed by atoms with van der Waals surface area (Å²) in [6.45, 7) is 11.1. The van der Waals surface area contributed by atoms with E-state index in [0.717, 1.165) is 55.2 Å². The van der Waals surface area contributed by atoms with Gasteiger partial charge in [0.15, 0.2) is 5.78 Å². The highest BCUT2D eigenvalue weighted by Gasteiger charge is 2.39. The van der Waals surface area contributed by atoms with Crippen LogP contribution < -0.4 is 5.43 Å². The predicted molar refractivity (Wildman–Crippen MR) is 126 cm³/mol. The number of nitrogens with zero attached hydrogens (tertiary/aromatic N) is 3. The lowest BCUT2D eigenvalue weighted by Crippen LogP contribution is -2.47. The summed E-state index contributed by atoms with van der Waals surface area (Å²) >= 11 is 6.91. The smallest absolute Gasteiger partial charge is 0.324 e. The largest absolute Gasteiger partial charge is 0.336 e. The number of amides is 2. The van der Waals surface area contributed by atoms with Gasteiger partial charge in [0, 0.05) is 41.6 Å². The Bertz CT molecular complexity index is 1010. The molecule has 4 rings (SSSR count). The molecule has 168 valence electrons. The van der Waals surface area contributed by atoms with Gasteiger partial charge in [0.1, 0.15) is 5.15 Å². The van der Waals surface area contributed by atoms with Gasteiger partial charge in [0.05, 0.1) is 5.52 Å². The molecule has 2 aliphatic rings. The van der Waals surface area contributed by atoms with Crippen LogP contribution in [-0.2, 0) is 6.42 Å². The Morgan fingerprint density at radius 1 is 1.23 bits per heavy atom. The van der Waals surface area contributed by atoms with Crippen molar-refractivity contribution < 1.29 is 9.59 Å². The fraction of sp³-hybridized carbons (Fsp3) is 0.583. The first-order valence-corrected chi connectivity index (χ1v) is 12.0. The normalized spacial score (nSPS) is 20.5. The molecule has 0 spiro atoms. The summed E-state index contributed by atoms with van der Waals surface area (Å²) in [7, 11) is 0. The molecule has 0 bridgehead atoms. The third-order valence-electron chi connectivity index (χ3n) is 7.02. The molecule has 2 amide bonds. The van der Waals surface area contributed by atoms with Crippen molar-refractivity contribution in [3.8, 4) is 0 Å². The minimum atomic E-state index is -0.186. The van der Waals surface area contributed by atoms with Gasteiger partial charge in [-0.2, -0.15) is 0 Å². The molecule has 1 aliphatic heterocycles. The number of benzene rings is 1. The summed E-state index contributed by atoms with van der Waals surface area (Å²) < 4.78 is 1.70. The third-order valence-corrected chi connectivity index (χ3v) is 7.42. The van der Waals surface area contributed by atoms with Crippen LogP contribution in [0.4, 0.5) is 4.79 Å². The van der Waals surface area contributed by atoms with Crippen LogP contribution >= 0.6 is 11.6 Å². The second-order valence-electron chi connectivity index (χ2n) is 8.77. The summed E-state index contributed by atoms with van der Waals surface area (Å²) in [6, 6.07) is 4.16. The Balaban J connectivity index is 1.88. The number of urea groups is 1. The first kappa shape index (κ1) is 22.2. The second-order valence-corrected chi connectivity index (χ2v) is 9.12. The minimum absolute atomic E-state index is 0.0296. The highest BCUT2D eigenvalue weighted by molar-refractivity contribution is 6.32. The van der Waals surface area contributed by atoms with E-state index >= 15 is 0 Å². The third kappa shape index (κ3) is 3.74. The van der Waals surface area contributed by atoms with E-state index in [1.165, 1.54) is 5.56 Å². The second kappa shape index (κ2) is 8.83. The van der Waals surface area contributed by atoms with Gasteiger partial charge in [-0.3, -0.25) is 9.69 Å². The lowest BCUT2D eigenvalue weighted by molar-refractivity contribution is 0.101. The van der Waals surface area contributed by atoms with Crippen molar-refractivity contribution >= 4 is 34.3 Å². The molecule has 1 fully saturated rings. The fourth-order valence-electron chi connectivity index (χ4n) is 5.50. The number of carbonyl (C=O) groups is 2. The number of halogens is 1. The number of carbonyl (C=O) groups excluding carboxylic acids is 2. The van der Waals surface area contributed by atoms with E-state index in [-0.39, 0.29) is 11.8 Å². The molecule has 1 aliphatic carbocycles. The first-order chi connectivity index (χ1) is 14.9. The summed E-state index contributed by atoms with van der Waals surface area (Å²) in [5, 5.41) is 1.67. The number of hydrogen-bond acceptors (Lipinski definition) is 3. The molecule has 2 heterocycles. The maximum absolute atomic E-state index is 12.8.